The summed E-state index contributed by atoms with van der Waals surface area (Å²) >= 11 is 0. The van der Waals surface area contributed by atoms with Gasteiger partial charge in [-0.1, -0.05) is 26.7 Å². The van der Waals surface area contributed by atoms with E-state index in [-0.39, 0.29) is 11.5 Å². The first-order chi connectivity index (χ1) is 14.6. The number of nitrogens with zero attached hydrogens (tertiary/aromatic N) is 1. The highest BCUT2D eigenvalue weighted by atomic mass is 28.4. The average Bonchev–Trinajstić information content (AvgIpc) is 2.52. The van der Waals surface area contributed by atoms with Crippen LogP contribution < -0.4 is 0 Å². The Balaban J connectivity index is 5.86. The van der Waals surface area contributed by atoms with Gasteiger partial charge in [-0.3, -0.25) is 0 Å². The van der Waals surface area contributed by atoms with E-state index in [4.69, 9.17) is 14.2 Å². The fraction of sp³-hybridized carbons (Fsp3) is 0.875. The van der Waals surface area contributed by atoms with Crippen molar-refractivity contribution in [2.24, 2.45) is 0 Å². The van der Waals surface area contributed by atoms with Crippen LogP contribution in [-0.4, -0.2) is 59.5 Å². The third kappa shape index (κ3) is 11.9. The molecule has 0 aliphatic carbocycles. The number of unbranched alkanes of at least 4 members (excludes halogenated alkanes) is 1. The van der Waals surface area contributed by atoms with Gasteiger partial charge in [0.05, 0.1) is 6.10 Å². The summed E-state index contributed by atoms with van der Waals surface area (Å²) in [6, 6.07) is -1.19. The molecule has 2 amide bonds. The van der Waals surface area contributed by atoms with Crippen molar-refractivity contribution in [2.75, 3.05) is 0 Å². The average molecular weight is 490 g/mol. The van der Waals surface area contributed by atoms with Crippen molar-refractivity contribution < 1.29 is 33.4 Å². The molecule has 0 rings (SSSR count). The zero-order valence-electron chi connectivity index (χ0n) is 22.8. The van der Waals surface area contributed by atoms with Gasteiger partial charge in [-0.2, -0.15) is 4.90 Å². The number of rotatable bonds is 9. The minimum Gasteiger partial charge on any atom is -0.458 e. The lowest BCUT2D eigenvalue weighted by Gasteiger charge is -2.35. The second-order valence-electron chi connectivity index (χ2n) is 12.0. The SMILES string of the molecule is CC(C)OC(=O)N(C(=O)OC(C)(C)C)[C@@H](CCCCC(C)(C)[Si](C)(C)O)C(=O)OC(C)(C)C. The van der Waals surface area contributed by atoms with E-state index >= 15 is 0 Å². The Hall–Kier alpha value is -1.61. The smallest absolute Gasteiger partial charge is 0.420 e. The van der Waals surface area contributed by atoms with Gasteiger partial charge in [-0.25, -0.2) is 14.4 Å². The molecule has 0 aliphatic heterocycles. The Morgan fingerprint density at radius 1 is 0.848 bits per heavy atom. The van der Waals surface area contributed by atoms with Crippen molar-refractivity contribution in [1.82, 2.24) is 4.90 Å². The van der Waals surface area contributed by atoms with Crippen molar-refractivity contribution >= 4 is 26.5 Å². The van der Waals surface area contributed by atoms with Crippen molar-refractivity contribution in [1.29, 1.82) is 0 Å². The van der Waals surface area contributed by atoms with Crippen molar-refractivity contribution in [3.63, 3.8) is 0 Å². The lowest BCUT2D eigenvalue weighted by atomic mass is 10.0. The quantitative estimate of drug-likeness (QED) is 0.183. The summed E-state index contributed by atoms with van der Waals surface area (Å²) in [4.78, 5) is 50.2. The molecule has 0 spiro atoms. The molecule has 1 atom stereocenters. The summed E-state index contributed by atoms with van der Waals surface area (Å²) < 4.78 is 16.2. The Kier molecular flexibility index (Phi) is 11.1. The largest absolute Gasteiger partial charge is 0.458 e. The van der Waals surface area contributed by atoms with E-state index in [9.17, 15) is 19.2 Å². The first-order valence-corrected chi connectivity index (χ1v) is 14.7. The highest BCUT2D eigenvalue weighted by Crippen LogP contribution is 2.40. The van der Waals surface area contributed by atoms with E-state index in [1.54, 1.807) is 55.4 Å². The van der Waals surface area contributed by atoms with Crippen LogP contribution in [0.25, 0.3) is 0 Å². The molecular formula is C24H47NO7Si. The molecular weight excluding hydrogens is 442 g/mol. The summed E-state index contributed by atoms with van der Waals surface area (Å²) in [7, 11) is -2.37. The zero-order valence-corrected chi connectivity index (χ0v) is 23.8. The summed E-state index contributed by atoms with van der Waals surface area (Å²) in [5.74, 6) is -0.690. The molecule has 0 heterocycles. The van der Waals surface area contributed by atoms with E-state index in [1.807, 2.05) is 26.9 Å². The predicted octanol–water partition coefficient (Wildman–Crippen LogP) is 6.02. The minimum absolute atomic E-state index is 0.199. The number of amides is 2. The van der Waals surface area contributed by atoms with Crippen LogP contribution in [-0.2, 0) is 19.0 Å². The Labute approximate surface area is 201 Å². The molecule has 0 radical (unpaired) electrons. The predicted molar refractivity (Wildman–Crippen MR) is 132 cm³/mol. The molecule has 1 N–H and O–H groups in total. The standard InChI is InChI=1S/C24H47NO7Si/c1-17(2)30-20(27)25(21(28)32-23(6,7)8)18(19(26)31-22(3,4)5)15-13-14-16-24(9,10)33(11,12)29/h17-18,29H,13-16H2,1-12H3/t18-/m0/s1. The van der Waals surface area contributed by atoms with Crippen molar-refractivity contribution in [3.05, 3.63) is 0 Å². The van der Waals surface area contributed by atoms with Crippen LogP contribution in [0.1, 0.15) is 94.9 Å². The van der Waals surface area contributed by atoms with Gasteiger partial charge >= 0.3 is 18.2 Å². The van der Waals surface area contributed by atoms with E-state index in [0.29, 0.717) is 12.8 Å². The number of imide groups is 1. The molecule has 0 aromatic heterocycles. The first kappa shape index (κ1) is 31.4. The van der Waals surface area contributed by atoms with Crippen LogP contribution in [0.2, 0.25) is 18.1 Å². The normalized spacial score (nSPS) is 14.0. The second-order valence-corrected chi connectivity index (χ2v) is 16.5. The van der Waals surface area contributed by atoms with Crippen LogP contribution in [0.4, 0.5) is 9.59 Å². The highest BCUT2D eigenvalue weighted by Gasteiger charge is 2.41. The van der Waals surface area contributed by atoms with Gasteiger partial charge in [-0.05, 0) is 86.4 Å². The molecule has 0 saturated carbocycles. The molecule has 0 aromatic rings. The van der Waals surface area contributed by atoms with Crippen LogP contribution >= 0.6 is 0 Å². The highest BCUT2D eigenvalue weighted by molar-refractivity contribution is 6.72. The molecule has 0 aliphatic rings. The number of hydrogen-bond acceptors (Lipinski definition) is 7. The maximum atomic E-state index is 13.1. The second kappa shape index (κ2) is 11.7. The van der Waals surface area contributed by atoms with Crippen LogP contribution in [0.5, 0.6) is 0 Å². The lowest BCUT2D eigenvalue weighted by molar-refractivity contribution is -0.161. The van der Waals surface area contributed by atoms with Gasteiger partial charge in [0, 0.05) is 0 Å². The Morgan fingerprint density at radius 2 is 1.33 bits per heavy atom. The number of ether oxygens (including phenoxy) is 3. The molecule has 9 heteroatoms. The number of carbonyl (C=O) groups is 3. The van der Waals surface area contributed by atoms with Gasteiger partial charge in [0.1, 0.15) is 17.2 Å². The fourth-order valence-corrected chi connectivity index (χ4v) is 3.62. The number of esters is 1. The maximum Gasteiger partial charge on any atom is 0.420 e. The van der Waals surface area contributed by atoms with E-state index in [2.05, 4.69) is 0 Å². The lowest BCUT2D eigenvalue weighted by Crippen LogP contribution is -2.52. The van der Waals surface area contributed by atoms with Gasteiger partial charge in [0.25, 0.3) is 0 Å². The van der Waals surface area contributed by atoms with Gasteiger partial charge < -0.3 is 19.0 Å². The third-order valence-corrected chi connectivity index (χ3v) is 8.86. The van der Waals surface area contributed by atoms with Gasteiger partial charge in [0.2, 0.25) is 0 Å². The molecule has 194 valence electrons. The summed E-state index contributed by atoms with van der Waals surface area (Å²) in [5.41, 5.74) is -1.67. The monoisotopic (exact) mass is 489 g/mol. The molecule has 33 heavy (non-hydrogen) atoms. The van der Waals surface area contributed by atoms with Crippen LogP contribution in [0, 0.1) is 0 Å². The zero-order chi connectivity index (χ0) is 26.4. The van der Waals surface area contributed by atoms with E-state index in [0.717, 1.165) is 11.3 Å². The molecule has 0 unspecified atom stereocenters. The molecule has 8 nitrogen and oxygen atoms in total. The number of carbonyl (C=O) groups excluding carboxylic acids is 3. The summed E-state index contributed by atoms with van der Waals surface area (Å²) in [5, 5.41) is -0.212. The van der Waals surface area contributed by atoms with E-state index < -0.39 is 49.8 Å². The first-order valence-electron chi connectivity index (χ1n) is 11.8. The van der Waals surface area contributed by atoms with Gasteiger partial charge in [0.15, 0.2) is 8.32 Å². The van der Waals surface area contributed by atoms with Crippen molar-refractivity contribution in [3.8, 4) is 0 Å². The molecule has 0 aromatic carbocycles. The molecule has 0 fully saturated rings. The van der Waals surface area contributed by atoms with Crippen molar-refractivity contribution in [2.45, 2.75) is 136 Å². The summed E-state index contributed by atoms with van der Waals surface area (Å²) in [6.45, 7) is 21.4. The van der Waals surface area contributed by atoms with E-state index in [1.165, 1.54) is 0 Å². The molecule has 0 saturated heterocycles. The Morgan fingerprint density at radius 3 is 1.73 bits per heavy atom. The topological polar surface area (TPSA) is 102 Å². The number of hydrogen-bond donors (Lipinski definition) is 1. The fourth-order valence-electron chi connectivity index (χ4n) is 2.83. The maximum absolute atomic E-state index is 13.1. The van der Waals surface area contributed by atoms with Crippen LogP contribution in [0.3, 0.4) is 0 Å². The third-order valence-electron chi connectivity index (χ3n) is 5.30. The van der Waals surface area contributed by atoms with Crippen LogP contribution in [0.15, 0.2) is 0 Å². The molecule has 0 bridgehead atoms. The van der Waals surface area contributed by atoms with Gasteiger partial charge in [-0.15, -0.1) is 0 Å². The minimum atomic E-state index is -2.37. The Bertz CT molecular complexity index is 670. The summed E-state index contributed by atoms with van der Waals surface area (Å²) in [6.07, 6.45) is -0.166.